The van der Waals surface area contributed by atoms with Crippen LogP contribution in [0.5, 0.6) is 0 Å². The molecule has 2 nitrogen and oxygen atoms in total. The number of hydrogen-bond donors (Lipinski definition) is 0. The van der Waals surface area contributed by atoms with E-state index in [1.54, 1.807) is 0 Å². The number of rotatable bonds is 0. The van der Waals surface area contributed by atoms with Gasteiger partial charge in [-0.3, -0.25) is 0 Å². The second kappa shape index (κ2) is 3.23. The summed E-state index contributed by atoms with van der Waals surface area (Å²) in [6, 6.07) is 2.01. The molecule has 0 aliphatic heterocycles. The Balaban J connectivity index is 3.35. The van der Waals surface area contributed by atoms with Gasteiger partial charge in [0, 0.05) is 6.20 Å². The SMILES string of the molecule is N#Cc1cnc(Cl)cc1C(F)(F)F. The summed E-state index contributed by atoms with van der Waals surface area (Å²) < 4.78 is 36.5. The molecule has 1 aromatic heterocycles. The van der Waals surface area contributed by atoms with Crippen LogP contribution in [0.1, 0.15) is 11.1 Å². The van der Waals surface area contributed by atoms with E-state index in [0.29, 0.717) is 6.07 Å². The summed E-state index contributed by atoms with van der Waals surface area (Å²) >= 11 is 5.26. The van der Waals surface area contributed by atoms with Crippen molar-refractivity contribution in [2.45, 2.75) is 6.18 Å². The van der Waals surface area contributed by atoms with Gasteiger partial charge in [-0.15, -0.1) is 0 Å². The molecule has 0 amide bonds. The van der Waals surface area contributed by atoms with Gasteiger partial charge in [-0.1, -0.05) is 11.6 Å². The minimum absolute atomic E-state index is 0.286. The molecule has 0 atom stereocenters. The summed E-state index contributed by atoms with van der Waals surface area (Å²) in [7, 11) is 0. The lowest BCUT2D eigenvalue weighted by Gasteiger charge is -2.07. The highest BCUT2D eigenvalue weighted by Gasteiger charge is 2.34. The van der Waals surface area contributed by atoms with Crippen molar-refractivity contribution in [3.63, 3.8) is 0 Å². The van der Waals surface area contributed by atoms with E-state index in [0.717, 1.165) is 6.20 Å². The molecule has 0 spiro atoms. The maximum atomic E-state index is 12.2. The van der Waals surface area contributed by atoms with E-state index < -0.39 is 17.3 Å². The highest BCUT2D eigenvalue weighted by atomic mass is 35.5. The molecule has 0 bridgehead atoms. The van der Waals surface area contributed by atoms with Gasteiger partial charge in [0.1, 0.15) is 11.2 Å². The number of alkyl halides is 3. The third-order valence-corrected chi connectivity index (χ3v) is 1.50. The Bertz CT molecular complexity index is 367. The van der Waals surface area contributed by atoms with Crippen molar-refractivity contribution in [3.8, 4) is 6.07 Å². The maximum Gasteiger partial charge on any atom is 0.417 e. The van der Waals surface area contributed by atoms with Crippen molar-refractivity contribution in [1.82, 2.24) is 4.98 Å². The van der Waals surface area contributed by atoms with Crippen LogP contribution in [0.15, 0.2) is 12.3 Å². The molecule has 0 aliphatic rings. The zero-order valence-electron chi connectivity index (χ0n) is 6.06. The van der Waals surface area contributed by atoms with E-state index in [1.807, 2.05) is 0 Å². The lowest BCUT2D eigenvalue weighted by molar-refractivity contribution is -0.137. The Kier molecular flexibility index (Phi) is 2.43. The van der Waals surface area contributed by atoms with Crippen molar-refractivity contribution in [3.05, 3.63) is 28.5 Å². The average molecular weight is 207 g/mol. The lowest BCUT2D eigenvalue weighted by Crippen LogP contribution is -2.08. The van der Waals surface area contributed by atoms with Crippen LogP contribution < -0.4 is 0 Å². The molecular formula is C7H2ClF3N2. The Morgan fingerprint density at radius 1 is 1.46 bits per heavy atom. The van der Waals surface area contributed by atoms with E-state index in [1.165, 1.54) is 6.07 Å². The highest BCUT2D eigenvalue weighted by Crippen LogP contribution is 2.32. The van der Waals surface area contributed by atoms with E-state index in [-0.39, 0.29) is 5.15 Å². The van der Waals surface area contributed by atoms with Crippen LogP contribution in [-0.4, -0.2) is 4.98 Å². The number of nitrogens with zero attached hydrogens (tertiary/aromatic N) is 2. The molecule has 6 heteroatoms. The fourth-order valence-corrected chi connectivity index (χ4v) is 0.911. The summed E-state index contributed by atoms with van der Waals surface area (Å²) in [6.07, 6.45) is -3.78. The van der Waals surface area contributed by atoms with Crippen LogP contribution in [0, 0.1) is 11.3 Å². The van der Waals surface area contributed by atoms with E-state index in [9.17, 15) is 13.2 Å². The number of hydrogen-bond acceptors (Lipinski definition) is 2. The van der Waals surface area contributed by atoms with Crippen molar-refractivity contribution in [1.29, 1.82) is 5.26 Å². The molecule has 68 valence electrons. The highest BCUT2D eigenvalue weighted by molar-refractivity contribution is 6.29. The predicted octanol–water partition coefficient (Wildman–Crippen LogP) is 2.63. The number of pyridine rings is 1. The molecule has 0 N–H and O–H groups in total. The number of halogens is 4. The largest absolute Gasteiger partial charge is 0.417 e. The van der Waals surface area contributed by atoms with Gasteiger partial charge in [0.15, 0.2) is 0 Å². The second-order valence-electron chi connectivity index (χ2n) is 2.16. The monoisotopic (exact) mass is 206 g/mol. The normalized spacial score (nSPS) is 11.0. The Morgan fingerprint density at radius 3 is 2.54 bits per heavy atom. The fraction of sp³-hybridized carbons (Fsp3) is 0.143. The third-order valence-electron chi connectivity index (χ3n) is 1.30. The quantitative estimate of drug-likeness (QED) is 0.612. The van der Waals surface area contributed by atoms with Gasteiger partial charge in [0.25, 0.3) is 0 Å². The Morgan fingerprint density at radius 2 is 2.08 bits per heavy atom. The van der Waals surface area contributed by atoms with Gasteiger partial charge in [-0.05, 0) is 6.07 Å². The fourth-order valence-electron chi connectivity index (χ4n) is 0.754. The average Bonchev–Trinajstić information content (AvgIpc) is 2.03. The van der Waals surface area contributed by atoms with Gasteiger partial charge >= 0.3 is 6.18 Å². The molecule has 0 fully saturated rings. The van der Waals surface area contributed by atoms with E-state index in [2.05, 4.69) is 4.98 Å². The summed E-state index contributed by atoms with van der Waals surface area (Å²) in [6.45, 7) is 0. The van der Waals surface area contributed by atoms with E-state index in [4.69, 9.17) is 16.9 Å². The van der Waals surface area contributed by atoms with Gasteiger partial charge in [0.05, 0.1) is 11.1 Å². The molecule has 1 rings (SSSR count). The first kappa shape index (κ1) is 9.81. The van der Waals surface area contributed by atoms with Gasteiger partial charge in [-0.2, -0.15) is 18.4 Å². The first-order chi connectivity index (χ1) is 5.95. The molecule has 0 radical (unpaired) electrons. The third kappa shape index (κ3) is 2.10. The lowest BCUT2D eigenvalue weighted by atomic mass is 10.1. The van der Waals surface area contributed by atoms with Crippen LogP contribution in [0.3, 0.4) is 0 Å². The van der Waals surface area contributed by atoms with Crippen LogP contribution in [-0.2, 0) is 6.18 Å². The van der Waals surface area contributed by atoms with Crippen LogP contribution in [0.4, 0.5) is 13.2 Å². The minimum atomic E-state index is -4.57. The first-order valence-corrected chi connectivity index (χ1v) is 3.46. The number of nitriles is 1. The predicted molar refractivity (Wildman–Crippen MR) is 39.0 cm³/mol. The smallest absolute Gasteiger partial charge is 0.243 e. The molecule has 0 unspecified atom stereocenters. The standard InChI is InChI=1S/C7H2ClF3N2/c8-6-1-5(7(9,10)11)4(2-12)3-13-6/h1,3H. The topological polar surface area (TPSA) is 36.7 Å². The van der Waals surface area contributed by atoms with Crippen molar-refractivity contribution < 1.29 is 13.2 Å². The van der Waals surface area contributed by atoms with Crippen molar-refractivity contribution >= 4 is 11.6 Å². The number of aromatic nitrogens is 1. The van der Waals surface area contributed by atoms with Crippen LogP contribution >= 0.6 is 11.6 Å². The van der Waals surface area contributed by atoms with Crippen LogP contribution in [0.2, 0.25) is 5.15 Å². The summed E-state index contributed by atoms with van der Waals surface area (Å²) in [5, 5.41) is 8.05. The summed E-state index contributed by atoms with van der Waals surface area (Å²) in [5.41, 5.74) is -1.59. The van der Waals surface area contributed by atoms with Gasteiger partial charge < -0.3 is 0 Å². The second-order valence-corrected chi connectivity index (χ2v) is 2.55. The molecule has 1 heterocycles. The maximum absolute atomic E-state index is 12.2. The van der Waals surface area contributed by atoms with Crippen molar-refractivity contribution in [2.75, 3.05) is 0 Å². The zero-order valence-corrected chi connectivity index (χ0v) is 6.82. The molecular weight excluding hydrogens is 205 g/mol. The Labute approximate surface area is 76.6 Å². The zero-order chi connectivity index (χ0) is 10.1. The molecule has 0 aliphatic carbocycles. The van der Waals surface area contributed by atoms with Crippen LogP contribution in [0.25, 0.3) is 0 Å². The van der Waals surface area contributed by atoms with Gasteiger partial charge in [-0.25, -0.2) is 4.98 Å². The van der Waals surface area contributed by atoms with Gasteiger partial charge in [0.2, 0.25) is 0 Å². The molecule has 0 aromatic carbocycles. The van der Waals surface area contributed by atoms with Crippen molar-refractivity contribution in [2.24, 2.45) is 0 Å². The molecule has 1 aromatic rings. The first-order valence-electron chi connectivity index (χ1n) is 3.08. The summed E-state index contributed by atoms with van der Waals surface area (Å²) in [5.74, 6) is 0. The molecule has 13 heavy (non-hydrogen) atoms. The molecule has 0 saturated carbocycles. The minimum Gasteiger partial charge on any atom is -0.243 e. The summed E-state index contributed by atoms with van der Waals surface area (Å²) in [4.78, 5) is 3.37. The van der Waals surface area contributed by atoms with E-state index >= 15 is 0 Å². The Hall–Kier alpha value is -1.28. The molecule has 0 saturated heterocycles.